The van der Waals surface area contributed by atoms with Gasteiger partial charge >= 0.3 is 5.97 Å². The van der Waals surface area contributed by atoms with E-state index in [9.17, 15) is 4.79 Å². The summed E-state index contributed by atoms with van der Waals surface area (Å²) in [5, 5.41) is 17.2. The summed E-state index contributed by atoms with van der Waals surface area (Å²) in [5.41, 5.74) is 5.54. The average Bonchev–Trinajstić information content (AvgIpc) is 2.03. The number of nitrogen functional groups attached to an aromatic ring is 1. The van der Waals surface area contributed by atoms with Crippen molar-refractivity contribution in [2.24, 2.45) is 0 Å². The fraction of sp³-hybridized carbons (Fsp3) is 0. The van der Waals surface area contributed by atoms with Gasteiger partial charge in [-0.05, 0) is 12.1 Å². The lowest BCUT2D eigenvalue weighted by Crippen LogP contribution is -2.02. The Balaban J connectivity index is 3.40. The van der Waals surface area contributed by atoms with Gasteiger partial charge in [0.2, 0.25) is 0 Å². The molecule has 0 aliphatic heterocycles. The highest BCUT2D eigenvalue weighted by Gasteiger charge is 2.10. The normalized spacial score (nSPS) is 8.92. The van der Waals surface area contributed by atoms with Crippen molar-refractivity contribution in [2.45, 2.75) is 0 Å². The second kappa shape index (κ2) is 2.93. The molecule has 1 aromatic carbocycles. The van der Waals surface area contributed by atoms with Crippen molar-refractivity contribution >= 4 is 11.7 Å². The minimum Gasteiger partial charge on any atom is -0.478 e. The van der Waals surface area contributed by atoms with Crippen LogP contribution in [0.3, 0.4) is 0 Å². The van der Waals surface area contributed by atoms with Crippen molar-refractivity contribution in [3.8, 4) is 6.07 Å². The lowest BCUT2D eigenvalue weighted by molar-refractivity contribution is 0.0696. The van der Waals surface area contributed by atoms with Crippen molar-refractivity contribution in [2.75, 3.05) is 5.73 Å². The number of carbonyl (C=O) groups is 1. The number of nitrogens with two attached hydrogens (primary N) is 1. The standard InChI is InChI=1S/C8H6N2O2/c9-4-6-5(8(11)12)2-1-3-7(6)10/h1-3H,10H2,(H,11,12). The van der Waals surface area contributed by atoms with Crippen LogP contribution in [-0.4, -0.2) is 11.1 Å². The highest BCUT2D eigenvalue weighted by Crippen LogP contribution is 2.15. The van der Waals surface area contributed by atoms with Gasteiger partial charge in [-0.15, -0.1) is 0 Å². The van der Waals surface area contributed by atoms with E-state index in [1.54, 1.807) is 6.07 Å². The van der Waals surface area contributed by atoms with E-state index in [1.165, 1.54) is 18.2 Å². The Morgan fingerprint density at radius 2 is 2.25 bits per heavy atom. The topological polar surface area (TPSA) is 87.1 Å². The van der Waals surface area contributed by atoms with Crippen LogP contribution in [-0.2, 0) is 0 Å². The Labute approximate surface area is 68.8 Å². The lowest BCUT2D eigenvalue weighted by Gasteiger charge is -1.99. The van der Waals surface area contributed by atoms with Crippen LogP contribution in [0.1, 0.15) is 15.9 Å². The molecule has 4 nitrogen and oxygen atoms in total. The molecule has 4 heteroatoms. The van der Waals surface area contributed by atoms with Crippen LogP contribution in [0.5, 0.6) is 0 Å². The maximum atomic E-state index is 10.5. The van der Waals surface area contributed by atoms with Crippen molar-refractivity contribution in [1.82, 2.24) is 0 Å². The first kappa shape index (κ1) is 8.08. The number of hydrogen-bond donors (Lipinski definition) is 2. The molecule has 12 heavy (non-hydrogen) atoms. The molecule has 0 unspecified atom stereocenters. The van der Waals surface area contributed by atoms with E-state index in [1.807, 2.05) is 0 Å². The van der Waals surface area contributed by atoms with Crippen molar-refractivity contribution in [3.63, 3.8) is 0 Å². The Morgan fingerprint density at radius 1 is 1.58 bits per heavy atom. The zero-order valence-electron chi connectivity index (χ0n) is 6.11. The zero-order chi connectivity index (χ0) is 9.14. The number of carboxylic acids is 1. The van der Waals surface area contributed by atoms with E-state index < -0.39 is 5.97 Å². The maximum absolute atomic E-state index is 10.5. The summed E-state index contributed by atoms with van der Waals surface area (Å²) in [6.45, 7) is 0. The molecule has 0 saturated carbocycles. The monoisotopic (exact) mass is 162 g/mol. The van der Waals surface area contributed by atoms with Gasteiger partial charge in [-0.25, -0.2) is 4.79 Å². The number of anilines is 1. The summed E-state index contributed by atoms with van der Waals surface area (Å²) in [4.78, 5) is 10.5. The molecular formula is C8H6N2O2. The molecule has 0 fully saturated rings. The summed E-state index contributed by atoms with van der Waals surface area (Å²) < 4.78 is 0. The van der Waals surface area contributed by atoms with Gasteiger partial charge in [0.1, 0.15) is 6.07 Å². The molecule has 1 aromatic rings. The quantitative estimate of drug-likeness (QED) is 0.599. The minimum absolute atomic E-state index is 0.0185. The number of benzene rings is 1. The van der Waals surface area contributed by atoms with E-state index in [2.05, 4.69) is 0 Å². The van der Waals surface area contributed by atoms with Crippen LogP contribution >= 0.6 is 0 Å². The van der Waals surface area contributed by atoms with Crippen LogP contribution in [0, 0.1) is 11.3 Å². The van der Waals surface area contributed by atoms with Gasteiger partial charge in [0.05, 0.1) is 16.8 Å². The predicted molar refractivity (Wildman–Crippen MR) is 42.5 cm³/mol. The van der Waals surface area contributed by atoms with Gasteiger partial charge in [0.25, 0.3) is 0 Å². The molecule has 60 valence electrons. The molecule has 0 radical (unpaired) electrons. The molecular weight excluding hydrogens is 156 g/mol. The molecule has 1 rings (SSSR count). The van der Waals surface area contributed by atoms with E-state index >= 15 is 0 Å². The lowest BCUT2D eigenvalue weighted by atomic mass is 10.1. The fourth-order valence-electron chi connectivity index (χ4n) is 0.873. The summed E-state index contributed by atoms with van der Waals surface area (Å²) in [6.07, 6.45) is 0. The van der Waals surface area contributed by atoms with Crippen LogP contribution in [0.25, 0.3) is 0 Å². The Kier molecular flexibility index (Phi) is 1.97. The van der Waals surface area contributed by atoms with Crippen molar-refractivity contribution < 1.29 is 9.90 Å². The first-order valence-corrected chi connectivity index (χ1v) is 3.18. The third-order valence-corrected chi connectivity index (χ3v) is 1.44. The number of carboxylic acid groups (broad SMARTS) is 1. The SMILES string of the molecule is N#Cc1c(N)cccc1C(=O)O. The maximum Gasteiger partial charge on any atom is 0.337 e. The van der Waals surface area contributed by atoms with E-state index in [0.29, 0.717) is 0 Å². The molecule has 0 aromatic heterocycles. The van der Waals surface area contributed by atoms with Gasteiger partial charge in [-0.2, -0.15) is 5.26 Å². The van der Waals surface area contributed by atoms with Crippen molar-refractivity contribution in [1.29, 1.82) is 5.26 Å². The van der Waals surface area contributed by atoms with Crippen LogP contribution in [0.2, 0.25) is 0 Å². The summed E-state index contributed by atoms with van der Waals surface area (Å²) in [7, 11) is 0. The highest BCUT2D eigenvalue weighted by molar-refractivity contribution is 5.92. The Morgan fingerprint density at radius 3 is 2.67 bits per heavy atom. The molecule has 0 bridgehead atoms. The minimum atomic E-state index is -1.14. The van der Waals surface area contributed by atoms with E-state index in [0.717, 1.165) is 0 Å². The predicted octanol–water partition coefficient (Wildman–Crippen LogP) is 0.839. The molecule has 0 spiro atoms. The number of aromatic carboxylic acids is 1. The smallest absolute Gasteiger partial charge is 0.337 e. The second-order valence-electron chi connectivity index (χ2n) is 2.19. The molecule has 3 N–H and O–H groups in total. The Bertz CT molecular complexity index is 366. The molecule has 0 atom stereocenters. The number of nitrogens with zero attached hydrogens (tertiary/aromatic N) is 1. The summed E-state index contributed by atoms with van der Waals surface area (Å²) in [5.74, 6) is -1.14. The Hall–Kier alpha value is -2.02. The van der Waals surface area contributed by atoms with Gasteiger partial charge < -0.3 is 10.8 Å². The molecule has 0 heterocycles. The highest BCUT2D eigenvalue weighted by atomic mass is 16.4. The van der Waals surface area contributed by atoms with E-state index in [4.69, 9.17) is 16.1 Å². The fourth-order valence-corrected chi connectivity index (χ4v) is 0.873. The van der Waals surface area contributed by atoms with Crippen LogP contribution in [0.4, 0.5) is 5.69 Å². The first-order valence-electron chi connectivity index (χ1n) is 3.18. The molecule has 0 aliphatic rings. The number of rotatable bonds is 1. The first-order chi connectivity index (χ1) is 5.66. The second-order valence-corrected chi connectivity index (χ2v) is 2.19. The largest absolute Gasteiger partial charge is 0.478 e. The van der Waals surface area contributed by atoms with Gasteiger partial charge in [-0.3, -0.25) is 0 Å². The molecule has 0 aliphatic carbocycles. The summed E-state index contributed by atoms with van der Waals surface area (Å²) >= 11 is 0. The van der Waals surface area contributed by atoms with Crippen LogP contribution in [0.15, 0.2) is 18.2 Å². The number of nitriles is 1. The van der Waals surface area contributed by atoms with Gasteiger partial charge in [0.15, 0.2) is 0 Å². The van der Waals surface area contributed by atoms with Crippen LogP contribution < -0.4 is 5.73 Å². The van der Waals surface area contributed by atoms with Crippen molar-refractivity contribution in [3.05, 3.63) is 29.3 Å². The van der Waals surface area contributed by atoms with Gasteiger partial charge in [0, 0.05) is 0 Å². The van der Waals surface area contributed by atoms with Gasteiger partial charge in [-0.1, -0.05) is 6.07 Å². The average molecular weight is 162 g/mol. The summed E-state index contributed by atoms with van der Waals surface area (Å²) in [6, 6.07) is 6.07. The third-order valence-electron chi connectivity index (χ3n) is 1.44. The number of hydrogen-bond acceptors (Lipinski definition) is 3. The third kappa shape index (κ3) is 1.20. The molecule has 0 saturated heterocycles. The molecule has 0 amide bonds. The zero-order valence-corrected chi connectivity index (χ0v) is 6.11. The van der Waals surface area contributed by atoms with E-state index in [-0.39, 0.29) is 16.8 Å².